The van der Waals surface area contributed by atoms with Crippen LogP contribution < -0.4 is 0 Å². The summed E-state index contributed by atoms with van der Waals surface area (Å²) in [5.41, 5.74) is 0.918. The van der Waals surface area contributed by atoms with Gasteiger partial charge in [-0.25, -0.2) is 0 Å². The summed E-state index contributed by atoms with van der Waals surface area (Å²) in [6.45, 7) is 0. The molecule has 0 radical (unpaired) electrons. The molecule has 1 unspecified atom stereocenters. The second-order valence-corrected chi connectivity index (χ2v) is 2.45. The topological polar surface area (TPSA) is 47.6 Å². The molecule has 0 heterocycles. The molecular formula is C10H8N2. The lowest BCUT2D eigenvalue weighted by Crippen LogP contribution is -1.92. The molecule has 0 amide bonds. The average Bonchev–Trinajstić information content (AvgIpc) is 2.15. The molecule has 58 valence electrons. The largest absolute Gasteiger partial charge is 0.198 e. The predicted octanol–water partition coefficient (Wildman–Crippen LogP) is 2.21. The van der Waals surface area contributed by atoms with Crippen LogP contribution in [0.2, 0.25) is 0 Å². The normalized spacial score (nSPS) is 11.2. The molecule has 0 aliphatic rings. The van der Waals surface area contributed by atoms with Gasteiger partial charge in [-0.15, -0.1) is 0 Å². The molecule has 0 bridgehead atoms. The smallest absolute Gasteiger partial charge is 0.0842 e. The van der Waals surface area contributed by atoms with Gasteiger partial charge in [-0.1, -0.05) is 30.3 Å². The molecule has 1 rings (SSSR count). The fraction of sp³-hybridized carbons (Fsp3) is 0.200. The summed E-state index contributed by atoms with van der Waals surface area (Å²) in [7, 11) is 0. The Balaban J connectivity index is 2.84. The molecule has 2 heteroatoms. The van der Waals surface area contributed by atoms with Gasteiger partial charge in [0.1, 0.15) is 0 Å². The van der Waals surface area contributed by atoms with Crippen molar-refractivity contribution in [3.63, 3.8) is 0 Å². The lowest BCUT2D eigenvalue weighted by Gasteiger charge is -2.02. The highest BCUT2D eigenvalue weighted by atomic mass is 14.3. The van der Waals surface area contributed by atoms with Crippen molar-refractivity contribution in [3.05, 3.63) is 35.9 Å². The van der Waals surface area contributed by atoms with E-state index in [9.17, 15) is 0 Å². The van der Waals surface area contributed by atoms with E-state index in [0.717, 1.165) is 5.56 Å². The molecular weight excluding hydrogens is 148 g/mol. The summed E-state index contributed by atoms with van der Waals surface area (Å²) in [6.07, 6.45) is 0.264. The van der Waals surface area contributed by atoms with E-state index in [-0.39, 0.29) is 12.3 Å². The maximum atomic E-state index is 8.71. The first-order valence-corrected chi connectivity index (χ1v) is 3.70. The van der Waals surface area contributed by atoms with E-state index >= 15 is 0 Å². The van der Waals surface area contributed by atoms with E-state index < -0.39 is 0 Å². The van der Waals surface area contributed by atoms with Crippen LogP contribution in [0.25, 0.3) is 0 Å². The number of benzene rings is 1. The first-order chi connectivity index (χ1) is 5.88. The Morgan fingerprint density at radius 1 is 1.17 bits per heavy atom. The molecule has 0 saturated carbocycles. The number of hydrogen-bond acceptors (Lipinski definition) is 2. The Bertz CT molecular complexity index is 316. The average molecular weight is 156 g/mol. The predicted molar refractivity (Wildman–Crippen MR) is 45.0 cm³/mol. The van der Waals surface area contributed by atoms with Gasteiger partial charge in [-0.05, 0) is 5.56 Å². The number of hydrogen-bond donors (Lipinski definition) is 0. The minimum atomic E-state index is -0.281. The second kappa shape index (κ2) is 4.16. The third-order valence-electron chi connectivity index (χ3n) is 1.65. The van der Waals surface area contributed by atoms with Gasteiger partial charge < -0.3 is 0 Å². The van der Waals surface area contributed by atoms with Crippen LogP contribution in [0.3, 0.4) is 0 Å². The Hall–Kier alpha value is -1.80. The van der Waals surface area contributed by atoms with Crippen molar-refractivity contribution in [2.75, 3.05) is 0 Å². The van der Waals surface area contributed by atoms with E-state index in [1.165, 1.54) is 0 Å². The maximum Gasteiger partial charge on any atom is 0.0842 e. The van der Waals surface area contributed by atoms with Gasteiger partial charge in [0.2, 0.25) is 0 Å². The molecule has 1 aromatic carbocycles. The Kier molecular flexibility index (Phi) is 2.87. The van der Waals surface area contributed by atoms with Crippen molar-refractivity contribution < 1.29 is 0 Å². The Morgan fingerprint density at radius 2 is 1.83 bits per heavy atom. The summed E-state index contributed by atoms with van der Waals surface area (Å²) < 4.78 is 0. The first-order valence-electron chi connectivity index (χ1n) is 3.70. The minimum absolute atomic E-state index is 0.264. The Labute approximate surface area is 71.7 Å². The zero-order valence-corrected chi connectivity index (χ0v) is 6.57. The third-order valence-corrected chi connectivity index (χ3v) is 1.65. The van der Waals surface area contributed by atoms with Crippen molar-refractivity contribution in [2.24, 2.45) is 0 Å². The fourth-order valence-electron chi connectivity index (χ4n) is 1.01. The number of rotatable bonds is 2. The first kappa shape index (κ1) is 8.30. The molecule has 0 N–H and O–H groups in total. The van der Waals surface area contributed by atoms with E-state index in [1.807, 2.05) is 36.4 Å². The van der Waals surface area contributed by atoms with Gasteiger partial charge in [-0.2, -0.15) is 10.5 Å². The molecule has 0 saturated heterocycles. The van der Waals surface area contributed by atoms with Crippen molar-refractivity contribution in [1.82, 2.24) is 0 Å². The summed E-state index contributed by atoms with van der Waals surface area (Å²) in [4.78, 5) is 0. The van der Waals surface area contributed by atoms with Crippen LogP contribution in [0.5, 0.6) is 0 Å². The van der Waals surface area contributed by atoms with Gasteiger partial charge >= 0.3 is 0 Å². The van der Waals surface area contributed by atoms with Gasteiger partial charge in [0.05, 0.1) is 24.5 Å². The summed E-state index contributed by atoms with van der Waals surface area (Å²) in [6, 6.07) is 13.5. The lowest BCUT2D eigenvalue weighted by atomic mass is 9.98. The van der Waals surface area contributed by atoms with Crippen LogP contribution in [-0.4, -0.2) is 0 Å². The maximum absolute atomic E-state index is 8.71. The summed E-state index contributed by atoms with van der Waals surface area (Å²) in [5, 5.41) is 17.1. The third kappa shape index (κ3) is 1.84. The molecule has 0 spiro atoms. The highest BCUT2D eigenvalue weighted by Crippen LogP contribution is 2.16. The van der Waals surface area contributed by atoms with Gasteiger partial charge in [0.15, 0.2) is 0 Å². The fourth-order valence-corrected chi connectivity index (χ4v) is 1.01. The SMILES string of the molecule is N#CCC(C#N)c1ccccc1. The molecule has 0 aromatic heterocycles. The molecule has 1 aromatic rings. The van der Waals surface area contributed by atoms with Crippen LogP contribution in [-0.2, 0) is 0 Å². The summed E-state index contributed by atoms with van der Waals surface area (Å²) in [5.74, 6) is -0.281. The molecule has 0 fully saturated rings. The van der Waals surface area contributed by atoms with Crippen molar-refractivity contribution in [1.29, 1.82) is 10.5 Å². The molecule has 0 aliphatic carbocycles. The van der Waals surface area contributed by atoms with Gasteiger partial charge in [0.25, 0.3) is 0 Å². The van der Waals surface area contributed by atoms with Crippen LogP contribution >= 0.6 is 0 Å². The van der Waals surface area contributed by atoms with Crippen LogP contribution in [0, 0.1) is 22.7 Å². The van der Waals surface area contributed by atoms with Crippen molar-refractivity contribution in [2.45, 2.75) is 12.3 Å². The van der Waals surface area contributed by atoms with E-state index in [0.29, 0.717) is 0 Å². The minimum Gasteiger partial charge on any atom is -0.198 e. The van der Waals surface area contributed by atoms with Crippen LogP contribution in [0.1, 0.15) is 17.9 Å². The van der Waals surface area contributed by atoms with Crippen LogP contribution in [0.15, 0.2) is 30.3 Å². The zero-order valence-electron chi connectivity index (χ0n) is 6.57. The van der Waals surface area contributed by atoms with E-state index in [2.05, 4.69) is 6.07 Å². The zero-order chi connectivity index (χ0) is 8.81. The summed E-state index contributed by atoms with van der Waals surface area (Å²) >= 11 is 0. The van der Waals surface area contributed by atoms with Gasteiger partial charge in [0, 0.05) is 0 Å². The molecule has 0 aliphatic heterocycles. The van der Waals surface area contributed by atoms with Crippen molar-refractivity contribution in [3.8, 4) is 12.1 Å². The number of nitriles is 2. The standard InChI is InChI=1S/C10H8N2/c11-7-6-10(8-12)9-4-2-1-3-5-9/h1-5,10H,6H2. The van der Waals surface area contributed by atoms with Gasteiger partial charge in [-0.3, -0.25) is 0 Å². The van der Waals surface area contributed by atoms with E-state index in [1.54, 1.807) is 0 Å². The van der Waals surface area contributed by atoms with Crippen molar-refractivity contribution >= 4 is 0 Å². The Morgan fingerprint density at radius 3 is 2.33 bits per heavy atom. The van der Waals surface area contributed by atoms with E-state index in [4.69, 9.17) is 10.5 Å². The number of nitrogens with zero attached hydrogens (tertiary/aromatic N) is 2. The molecule has 1 atom stereocenters. The molecule has 12 heavy (non-hydrogen) atoms. The second-order valence-electron chi connectivity index (χ2n) is 2.45. The highest BCUT2D eigenvalue weighted by Gasteiger charge is 2.07. The van der Waals surface area contributed by atoms with Crippen LogP contribution in [0.4, 0.5) is 0 Å². The molecule has 2 nitrogen and oxygen atoms in total. The quantitative estimate of drug-likeness (QED) is 0.659. The highest BCUT2D eigenvalue weighted by molar-refractivity contribution is 5.25. The monoisotopic (exact) mass is 156 g/mol. The lowest BCUT2D eigenvalue weighted by molar-refractivity contribution is 0.887.